The number of amides is 1. The smallest absolute Gasteiger partial charge is 0.238 e. The number of benzene rings is 1. The number of halogens is 1. The highest BCUT2D eigenvalue weighted by Crippen LogP contribution is 2.35. The summed E-state index contributed by atoms with van der Waals surface area (Å²) in [5.74, 6) is 0.463. The molecule has 3 nitrogen and oxygen atoms in total. The molecule has 22 heavy (non-hydrogen) atoms. The Labute approximate surface area is 131 Å². The van der Waals surface area contributed by atoms with E-state index in [-0.39, 0.29) is 11.7 Å². The first kappa shape index (κ1) is 15.5. The van der Waals surface area contributed by atoms with Gasteiger partial charge in [-0.3, -0.25) is 9.69 Å². The van der Waals surface area contributed by atoms with Crippen LogP contribution < -0.4 is 5.32 Å². The van der Waals surface area contributed by atoms with E-state index in [1.54, 1.807) is 19.1 Å². The van der Waals surface area contributed by atoms with E-state index in [0.717, 1.165) is 12.5 Å². The maximum absolute atomic E-state index is 13.5. The van der Waals surface area contributed by atoms with Crippen molar-refractivity contribution in [1.82, 2.24) is 4.90 Å². The minimum atomic E-state index is -0.275. The Balaban J connectivity index is 1.59. The zero-order chi connectivity index (χ0) is 15.5. The van der Waals surface area contributed by atoms with Crippen molar-refractivity contribution in [2.24, 2.45) is 5.92 Å². The quantitative estimate of drug-likeness (QED) is 0.923. The first-order valence-electron chi connectivity index (χ1n) is 8.43. The molecule has 1 aliphatic heterocycles. The third kappa shape index (κ3) is 3.49. The van der Waals surface area contributed by atoms with Gasteiger partial charge in [-0.15, -0.1) is 0 Å². The van der Waals surface area contributed by atoms with Crippen LogP contribution in [0.4, 0.5) is 10.1 Å². The molecule has 2 atom stereocenters. The number of fused-ring (bicyclic) bond motifs is 1. The molecule has 1 N–H and O–H groups in total. The second-order valence-corrected chi connectivity index (χ2v) is 6.74. The highest BCUT2D eigenvalue weighted by Gasteiger charge is 2.33. The van der Waals surface area contributed by atoms with Gasteiger partial charge in [0.1, 0.15) is 5.82 Å². The number of nitrogens with one attached hydrogen (secondary N) is 1. The molecule has 0 spiro atoms. The van der Waals surface area contributed by atoms with E-state index in [2.05, 4.69) is 10.2 Å². The molecular formula is C18H25FN2O. The predicted octanol–water partition coefficient (Wildman–Crippen LogP) is 3.73. The van der Waals surface area contributed by atoms with E-state index < -0.39 is 0 Å². The Morgan fingerprint density at radius 3 is 2.86 bits per heavy atom. The maximum Gasteiger partial charge on any atom is 0.238 e. The fourth-order valence-corrected chi connectivity index (χ4v) is 3.98. The number of nitrogens with zero attached hydrogens (tertiary/aromatic N) is 1. The van der Waals surface area contributed by atoms with Crippen LogP contribution in [0.5, 0.6) is 0 Å². The molecule has 0 unspecified atom stereocenters. The Kier molecular flexibility index (Phi) is 4.77. The molecule has 1 saturated heterocycles. The zero-order valence-electron chi connectivity index (χ0n) is 13.3. The summed E-state index contributed by atoms with van der Waals surface area (Å²) in [6.45, 7) is 3.16. The lowest BCUT2D eigenvalue weighted by Gasteiger charge is -2.43. The van der Waals surface area contributed by atoms with Gasteiger partial charge in [0.15, 0.2) is 0 Å². The summed E-state index contributed by atoms with van der Waals surface area (Å²) in [5.41, 5.74) is 1.14. The molecule has 4 heteroatoms. The average molecular weight is 304 g/mol. The Bertz CT molecular complexity index is 544. The number of piperidine rings is 1. The van der Waals surface area contributed by atoms with E-state index >= 15 is 0 Å². The molecule has 1 amide bonds. The first-order chi connectivity index (χ1) is 10.6. The van der Waals surface area contributed by atoms with E-state index in [1.165, 1.54) is 44.6 Å². The van der Waals surface area contributed by atoms with Gasteiger partial charge in [-0.05, 0) is 62.8 Å². The second-order valence-electron chi connectivity index (χ2n) is 6.74. The van der Waals surface area contributed by atoms with Crippen molar-refractivity contribution in [2.45, 2.75) is 51.5 Å². The maximum atomic E-state index is 13.5. The van der Waals surface area contributed by atoms with Crippen LogP contribution in [-0.4, -0.2) is 29.9 Å². The number of hydrogen-bond donors (Lipinski definition) is 1. The van der Waals surface area contributed by atoms with Crippen molar-refractivity contribution < 1.29 is 9.18 Å². The third-order valence-electron chi connectivity index (χ3n) is 5.16. The normalized spacial score (nSPS) is 25.5. The van der Waals surface area contributed by atoms with Crippen LogP contribution in [0, 0.1) is 18.7 Å². The molecule has 0 aromatic heterocycles. The van der Waals surface area contributed by atoms with Gasteiger partial charge in [-0.2, -0.15) is 0 Å². The summed E-state index contributed by atoms with van der Waals surface area (Å²) in [6, 6.07) is 5.43. The van der Waals surface area contributed by atoms with Crippen molar-refractivity contribution in [1.29, 1.82) is 0 Å². The Hall–Kier alpha value is -1.42. The number of rotatable bonds is 3. The largest absolute Gasteiger partial charge is 0.325 e. The minimum absolute atomic E-state index is 0.0329. The second kappa shape index (κ2) is 6.78. The standard InChI is InChI=1S/C18H25FN2O/c1-13-8-9-15(11-16(13)19)20-18(22)12-21-10-4-6-14-5-2-3-7-17(14)21/h8-9,11,14,17H,2-7,10,12H2,1H3,(H,20,22)/t14-,17+/m1/s1. The fraction of sp³-hybridized carbons (Fsp3) is 0.611. The zero-order valence-corrected chi connectivity index (χ0v) is 13.3. The van der Waals surface area contributed by atoms with Crippen molar-refractivity contribution in [2.75, 3.05) is 18.4 Å². The van der Waals surface area contributed by atoms with Crippen LogP contribution in [0.1, 0.15) is 44.1 Å². The predicted molar refractivity (Wildman–Crippen MR) is 86.3 cm³/mol. The molecule has 1 aliphatic carbocycles. The number of anilines is 1. The van der Waals surface area contributed by atoms with Crippen LogP contribution in [0.3, 0.4) is 0 Å². The number of aryl methyl sites for hydroxylation is 1. The number of carbonyl (C=O) groups is 1. The number of likely N-dealkylation sites (tertiary alicyclic amines) is 1. The van der Waals surface area contributed by atoms with Crippen LogP contribution in [0.2, 0.25) is 0 Å². The monoisotopic (exact) mass is 304 g/mol. The van der Waals surface area contributed by atoms with Crippen LogP contribution in [0.15, 0.2) is 18.2 Å². The molecule has 1 aromatic carbocycles. The first-order valence-corrected chi connectivity index (χ1v) is 8.43. The lowest BCUT2D eigenvalue weighted by Crippen LogP contribution is -2.49. The molecular weight excluding hydrogens is 279 g/mol. The molecule has 1 heterocycles. The third-order valence-corrected chi connectivity index (χ3v) is 5.16. The molecule has 3 rings (SSSR count). The summed E-state index contributed by atoms with van der Waals surface area (Å²) in [7, 11) is 0. The molecule has 0 radical (unpaired) electrons. The number of carbonyl (C=O) groups excluding carboxylic acids is 1. The Morgan fingerprint density at radius 1 is 1.27 bits per heavy atom. The minimum Gasteiger partial charge on any atom is -0.325 e. The van der Waals surface area contributed by atoms with Crippen LogP contribution in [0.25, 0.3) is 0 Å². The fourth-order valence-electron chi connectivity index (χ4n) is 3.98. The van der Waals surface area contributed by atoms with Gasteiger partial charge in [0, 0.05) is 11.7 Å². The van der Waals surface area contributed by atoms with Crippen molar-refractivity contribution in [3.8, 4) is 0 Å². The van der Waals surface area contributed by atoms with Gasteiger partial charge < -0.3 is 5.32 Å². The van der Waals surface area contributed by atoms with Crippen molar-refractivity contribution in [3.05, 3.63) is 29.6 Å². The summed E-state index contributed by atoms with van der Waals surface area (Å²) < 4.78 is 13.5. The highest BCUT2D eigenvalue weighted by atomic mass is 19.1. The van der Waals surface area contributed by atoms with Crippen LogP contribution in [-0.2, 0) is 4.79 Å². The van der Waals surface area contributed by atoms with Gasteiger partial charge >= 0.3 is 0 Å². The van der Waals surface area contributed by atoms with Gasteiger partial charge in [0.25, 0.3) is 0 Å². The van der Waals surface area contributed by atoms with Gasteiger partial charge in [-0.25, -0.2) is 4.39 Å². The summed E-state index contributed by atoms with van der Waals surface area (Å²) in [4.78, 5) is 14.6. The lowest BCUT2D eigenvalue weighted by molar-refractivity contribution is -0.118. The summed E-state index contributed by atoms with van der Waals surface area (Å²) in [6.07, 6.45) is 7.65. The average Bonchev–Trinajstić information content (AvgIpc) is 2.51. The van der Waals surface area contributed by atoms with E-state index in [4.69, 9.17) is 0 Å². The lowest BCUT2D eigenvalue weighted by atomic mass is 9.78. The summed E-state index contributed by atoms with van der Waals surface area (Å²) >= 11 is 0. The van der Waals surface area contributed by atoms with Crippen molar-refractivity contribution in [3.63, 3.8) is 0 Å². The molecule has 2 fully saturated rings. The van der Waals surface area contributed by atoms with Gasteiger partial charge in [-0.1, -0.05) is 18.9 Å². The molecule has 120 valence electrons. The van der Waals surface area contributed by atoms with Crippen molar-refractivity contribution >= 4 is 11.6 Å². The topological polar surface area (TPSA) is 32.3 Å². The molecule has 2 aliphatic rings. The van der Waals surface area contributed by atoms with E-state index in [1.807, 2.05) is 0 Å². The molecule has 1 saturated carbocycles. The molecule has 0 bridgehead atoms. The SMILES string of the molecule is Cc1ccc(NC(=O)CN2CCC[C@H]3CCCC[C@@H]32)cc1F. The van der Waals surface area contributed by atoms with Gasteiger partial charge in [0.2, 0.25) is 5.91 Å². The van der Waals surface area contributed by atoms with E-state index in [0.29, 0.717) is 23.8 Å². The van der Waals surface area contributed by atoms with Crippen LogP contribution >= 0.6 is 0 Å². The van der Waals surface area contributed by atoms with Gasteiger partial charge in [0.05, 0.1) is 6.54 Å². The molecule has 1 aromatic rings. The number of hydrogen-bond acceptors (Lipinski definition) is 2. The Morgan fingerprint density at radius 2 is 2.05 bits per heavy atom. The van der Waals surface area contributed by atoms with E-state index in [9.17, 15) is 9.18 Å². The summed E-state index contributed by atoms with van der Waals surface area (Å²) in [5, 5.41) is 2.83. The highest BCUT2D eigenvalue weighted by molar-refractivity contribution is 5.92.